The molecule has 96 valence electrons. The van der Waals surface area contributed by atoms with Gasteiger partial charge in [-0.2, -0.15) is 0 Å². The minimum atomic E-state index is -0.321. The SMILES string of the molecule is COc1ccc(C(C)(C)CC(C)O)cc1OC. The van der Waals surface area contributed by atoms with E-state index < -0.39 is 0 Å². The second-order valence-electron chi connectivity index (χ2n) is 5.01. The highest BCUT2D eigenvalue weighted by Gasteiger charge is 2.23. The summed E-state index contributed by atoms with van der Waals surface area (Å²) in [5.41, 5.74) is 1.05. The fraction of sp³-hybridized carbons (Fsp3) is 0.571. The number of benzene rings is 1. The molecule has 0 saturated heterocycles. The fourth-order valence-corrected chi connectivity index (χ4v) is 2.11. The van der Waals surface area contributed by atoms with E-state index >= 15 is 0 Å². The Balaban J connectivity index is 3.06. The second kappa shape index (κ2) is 5.41. The maximum absolute atomic E-state index is 9.52. The molecule has 3 heteroatoms. The van der Waals surface area contributed by atoms with Gasteiger partial charge in [0.25, 0.3) is 0 Å². The van der Waals surface area contributed by atoms with Crippen LogP contribution in [0.2, 0.25) is 0 Å². The maximum atomic E-state index is 9.52. The van der Waals surface area contributed by atoms with Crippen molar-refractivity contribution in [3.05, 3.63) is 23.8 Å². The number of hydrogen-bond donors (Lipinski definition) is 1. The zero-order valence-corrected chi connectivity index (χ0v) is 11.3. The van der Waals surface area contributed by atoms with Crippen molar-refractivity contribution in [2.45, 2.75) is 38.7 Å². The van der Waals surface area contributed by atoms with E-state index in [9.17, 15) is 5.11 Å². The van der Waals surface area contributed by atoms with Crippen molar-refractivity contribution in [3.8, 4) is 11.5 Å². The van der Waals surface area contributed by atoms with Crippen molar-refractivity contribution in [2.75, 3.05) is 14.2 Å². The average molecular weight is 238 g/mol. The maximum Gasteiger partial charge on any atom is 0.161 e. The molecular weight excluding hydrogens is 216 g/mol. The Morgan fingerprint density at radius 3 is 2.24 bits per heavy atom. The van der Waals surface area contributed by atoms with Crippen LogP contribution in [0.5, 0.6) is 11.5 Å². The first-order chi connectivity index (χ1) is 7.90. The van der Waals surface area contributed by atoms with Gasteiger partial charge in [0.15, 0.2) is 11.5 Å². The molecule has 0 aromatic heterocycles. The van der Waals surface area contributed by atoms with E-state index in [4.69, 9.17) is 9.47 Å². The Bertz CT molecular complexity index is 370. The summed E-state index contributed by atoms with van der Waals surface area (Å²) in [6, 6.07) is 5.89. The zero-order chi connectivity index (χ0) is 13.1. The van der Waals surface area contributed by atoms with Crippen LogP contribution in [0.1, 0.15) is 32.8 Å². The first-order valence-electron chi connectivity index (χ1n) is 5.81. The molecule has 17 heavy (non-hydrogen) atoms. The van der Waals surface area contributed by atoms with Crippen molar-refractivity contribution in [3.63, 3.8) is 0 Å². The molecule has 1 atom stereocenters. The molecule has 1 unspecified atom stereocenters. The molecule has 1 N–H and O–H groups in total. The third-order valence-electron chi connectivity index (χ3n) is 2.97. The van der Waals surface area contributed by atoms with Crippen LogP contribution >= 0.6 is 0 Å². The van der Waals surface area contributed by atoms with E-state index in [1.54, 1.807) is 14.2 Å². The predicted molar refractivity (Wildman–Crippen MR) is 68.9 cm³/mol. The molecule has 0 aliphatic heterocycles. The number of aliphatic hydroxyl groups is 1. The summed E-state index contributed by atoms with van der Waals surface area (Å²) in [5.74, 6) is 1.45. The van der Waals surface area contributed by atoms with E-state index in [2.05, 4.69) is 13.8 Å². The topological polar surface area (TPSA) is 38.7 Å². The van der Waals surface area contributed by atoms with Gasteiger partial charge in [-0.1, -0.05) is 19.9 Å². The normalized spacial score (nSPS) is 13.3. The minimum Gasteiger partial charge on any atom is -0.493 e. The largest absolute Gasteiger partial charge is 0.493 e. The van der Waals surface area contributed by atoms with Gasteiger partial charge in [-0.15, -0.1) is 0 Å². The Morgan fingerprint density at radius 1 is 1.18 bits per heavy atom. The van der Waals surface area contributed by atoms with E-state index in [0.29, 0.717) is 6.42 Å². The van der Waals surface area contributed by atoms with Gasteiger partial charge in [0.05, 0.1) is 20.3 Å². The molecule has 0 aliphatic rings. The lowest BCUT2D eigenvalue weighted by Gasteiger charge is -2.27. The molecule has 3 nitrogen and oxygen atoms in total. The number of hydrogen-bond acceptors (Lipinski definition) is 3. The summed E-state index contributed by atoms with van der Waals surface area (Å²) in [6.07, 6.45) is 0.390. The first kappa shape index (κ1) is 13.8. The molecule has 0 radical (unpaired) electrons. The van der Waals surface area contributed by atoms with Crippen molar-refractivity contribution in [1.82, 2.24) is 0 Å². The zero-order valence-electron chi connectivity index (χ0n) is 11.3. The van der Waals surface area contributed by atoms with Gasteiger partial charge in [0, 0.05) is 0 Å². The Hall–Kier alpha value is -1.22. The van der Waals surface area contributed by atoms with Crippen LogP contribution in [0.3, 0.4) is 0 Å². The van der Waals surface area contributed by atoms with Gasteiger partial charge in [-0.3, -0.25) is 0 Å². The molecule has 0 fully saturated rings. The van der Waals surface area contributed by atoms with Gasteiger partial charge in [0.1, 0.15) is 0 Å². The van der Waals surface area contributed by atoms with Gasteiger partial charge >= 0.3 is 0 Å². The molecular formula is C14H22O3. The fourth-order valence-electron chi connectivity index (χ4n) is 2.11. The number of aliphatic hydroxyl groups excluding tert-OH is 1. The lowest BCUT2D eigenvalue weighted by molar-refractivity contribution is 0.156. The highest BCUT2D eigenvalue weighted by molar-refractivity contribution is 5.44. The molecule has 0 saturated carbocycles. The summed E-state index contributed by atoms with van der Waals surface area (Å²) >= 11 is 0. The highest BCUT2D eigenvalue weighted by Crippen LogP contribution is 2.35. The standard InChI is InChI=1S/C14H22O3/c1-10(15)9-14(2,3)11-6-7-12(16-4)13(8-11)17-5/h6-8,10,15H,9H2,1-5H3. The molecule has 0 aliphatic carbocycles. The third kappa shape index (κ3) is 3.37. The molecule has 0 bridgehead atoms. The Labute approximate surface area is 103 Å². The molecule has 0 heterocycles. The van der Waals surface area contributed by atoms with Crippen molar-refractivity contribution >= 4 is 0 Å². The number of rotatable bonds is 5. The van der Waals surface area contributed by atoms with Gasteiger partial charge < -0.3 is 14.6 Å². The third-order valence-corrected chi connectivity index (χ3v) is 2.97. The van der Waals surface area contributed by atoms with E-state index in [1.165, 1.54) is 0 Å². The van der Waals surface area contributed by atoms with Gasteiger partial charge in [-0.25, -0.2) is 0 Å². The summed E-state index contributed by atoms with van der Waals surface area (Å²) < 4.78 is 10.5. The van der Waals surface area contributed by atoms with Crippen LogP contribution < -0.4 is 9.47 Å². The van der Waals surface area contributed by atoms with Crippen LogP contribution in [0.15, 0.2) is 18.2 Å². The van der Waals surface area contributed by atoms with Crippen molar-refractivity contribution < 1.29 is 14.6 Å². The smallest absolute Gasteiger partial charge is 0.161 e. The minimum absolute atomic E-state index is 0.0896. The highest BCUT2D eigenvalue weighted by atomic mass is 16.5. The van der Waals surface area contributed by atoms with E-state index in [-0.39, 0.29) is 11.5 Å². The van der Waals surface area contributed by atoms with E-state index in [0.717, 1.165) is 17.1 Å². The molecule has 1 aromatic carbocycles. The Morgan fingerprint density at radius 2 is 1.76 bits per heavy atom. The van der Waals surface area contributed by atoms with E-state index in [1.807, 2.05) is 25.1 Å². The second-order valence-corrected chi connectivity index (χ2v) is 5.01. The van der Waals surface area contributed by atoms with Crippen LogP contribution in [-0.2, 0) is 5.41 Å². The van der Waals surface area contributed by atoms with Crippen LogP contribution in [-0.4, -0.2) is 25.4 Å². The number of methoxy groups -OCH3 is 2. The molecule has 1 rings (SSSR count). The molecule has 1 aromatic rings. The Kier molecular flexibility index (Phi) is 4.40. The predicted octanol–water partition coefficient (Wildman–Crippen LogP) is 2.75. The van der Waals surface area contributed by atoms with Crippen molar-refractivity contribution in [2.24, 2.45) is 0 Å². The van der Waals surface area contributed by atoms with Crippen molar-refractivity contribution in [1.29, 1.82) is 0 Å². The average Bonchev–Trinajstić information content (AvgIpc) is 2.26. The van der Waals surface area contributed by atoms with Crippen LogP contribution in [0.4, 0.5) is 0 Å². The van der Waals surface area contributed by atoms with Crippen LogP contribution in [0.25, 0.3) is 0 Å². The van der Waals surface area contributed by atoms with Crippen LogP contribution in [0, 0.1) is 0 Å². The first-order valence-corrected chi connectivity index (χ1v) is 5.81. The monoisotopic (exact) mass is 238 g/mol. The number of ether oxygens (including phenoxy) is 2. The summed E-state index contributed by atoms with van der Waals surface area (Å²) in [4.78, 5) is 0. The van der Waals surface area contributed by atoms with Gasteiger partial charge in [0.2, 0.25) is 0 Å². The van der Waals surface area contributed by atoms with Gasteiger partial charge in [-0.05, 0) is 36.5 Å². The molecule has 0 spiro atoms. The lowest BCUT2D eigenvalue weighted by Crippen LogP contribution is -2.23. The lowest BCUT2D eigenvalue weighted by atomic mass is 9.80. The summed E-state index contributed by atoms with van der Waals surface area (Å²) in [7, 11) is 3.25. The summed E-state index contributed by atoms with van der Waals surface area (Å²) in [6.45, 7) is 6.03. The molecule has 0 amide bonds. The summed E-state index contributed by atoms with van der Waals surface area (Å²) in [5, 5.41) is 9.52. The quantitative estimate of drug-likeness (QED) is 0.857.